The third-order valence-corrected chi connectivity index (χ3v) is 3.34. The van der Waals surface area contributed by atoms with Crippen molar-refractivity contribution in [2.45, 2.75) is 19.2 Å². The maximum atomic E-state index is 12.3. The number of nitrogens with one attached hydrogen (secondary N) is 1. The second-order valence-corrected chi connectivity index (χ2v) is 4.52. The highest BCUT2D eigenvalue weighted by atomic mass is 35.5. The van der Waals surface area contributed by atoms with Crippen LogP contribution < -0.4 is 5.32 Å². The molecule has 0 saturated heterocycles. The largest absolute Gasteiger partial charge is 0.322 e. The van der Waals surface area contributed by atoms with Gasteiger partial charge in [0.25, 0.3) is 5.91 Å². The van der Waals surface area contributed by atoms with E-state index in [1.165, 1.54) is 0 Å². The van der Waals surface area contributed by atoms with E-state index < -0.39 is 0 Å². The van der Waals surface area contributed by atoms with Gasteiger partial charge in [-0.05, 0) is 29.7 Å². The third-order valence-electron chi connectivity index (χ3n) is 3.05. The molecule has 1 amide bonds. The van der Waals surface area contributed by atoms with E-state index in [1.807, 2.05) is 55.5 Å². The molecule has 0 atom stereocenters. The van der Waals surface area contributed by atoms with Gasteiger partial charge in [-0.25, -0.2) is 0 Å². The van der Waals surface area contributed by atoms with Gasteiger partial charge in [0, 0.05) is 17.1 Å². The SMILES string of the molecule is CCc1ccccc1C(=O)Nc1ccccc1CCl. The van der Waals surface area contributed by atoms with Crippen LogP contribution in [0.15, 0.2) is 48.5 Å². The van der Waals surface area contributed by atoms with Gasteiger partial charge in [0.15, 0.2) is 0 Å². The van der Waals surface area contributed by atoms with E-state index in [0.717, 1.165) is 28.8 Å². The number of hydrogen-bond donors (Lipinski definition) is 1. The van der Waals surface area contributed by atoms with E-state index in [4.69, 9.17) is 11.6 Å². The van der Waals surface area contributed by atoms with E-state index in [1.54, 1.807) is 0 Å². The number of anilines is 1. The van der Waals surface area contributed by atoms with Gasteiger partial charge in [-0.3, -0.25) is 4.79 Å². The number of hydrogen-bond acceptors (Lipinski definition) is 1. The van der Waals surface area contributed by atoms with Crippen molar-refractivity contribution in [1.29, 1.82) is 0 Å². The molecule has 2 aromatic rings. The van der Waals surface area contributed by atoms with Gasteiger partial charge in [0.2, 0.25) is 0 Å². The van der Waals surface area contributed by atoms with Gasteiger partial charge >= 0.3 is 0 Å². The lowest BCUT2D eigenvalue weighted by molar-refractivity contribution is 0.102. The van der Waals surface area contributed by atoms with E-state index >= 15 is 0 Å². The molecule has 0 aromatic heterocycles. The zero-order chi connectivity index (χ0) is 13.7. The van der Waals surface area contributed by atoms with Crippen LogP contribution >= 0.6 is 11.6 Å². The molecule has 0 fully saturated rings. The Hall–Kier alpha value is -1.80. The second-order valence-electron chi connectivity index (χ2n) is 4.26. The lowest BCUT2D eigenvalue weighted by atomic mass is 10.0. The molecule has 0 bridgehead atoms. The fourth-order valence-corrected chi connectivity index (χ4v) is 2.23. The number of carbonyl (C=O) groups is 1. The molecular formula is C16H16ClNO. The molecule has 0 aliphatic heterocycles. The molecule has 1 N–H and O–H groups in total. The summed E-state index contributed by atoms with van der Waals surface area (Å²) in [7, 11) is 0. The number of halogens is 1. The van der Waals surface area contributed by atoms with Crippen LogP contribution in [0.25, 0.3) is 0 Å². The van der Waals surface area contributed by atoms with E-state index in [9.17, 15) is 4.79 Å². The highest BCUT2D eigenvalue weighted by Gasteiger charge is 2.11. The average molecular weight is 274 g/mol. The summed E-state index contributed by atoms with van der Waals surface area (Å²) in [5.41, 5.74) is 3.46. The normalized spacial score (nSPS) is 10.2. The Labute approximate surface area is 118 Å². The molecule has 2 aromatic carbocycles. The average Bonchev–Trinajstić information content (AvgIpc) is 2.47. The monoisotopic (exact) mass is 273 g/mol. The first-order valence-electron chi connectivity index (χ1n) is 6.29. The summed E-state index contributed by atoms with van der Waals surface area (Å²) in [6, 6.07) is 15.2. The first-order chi connectivity index (χ1) is 9.26. The van der Waals surface area contributed by atoms with Crippen molar-refractivity contribution >= 4 is 23.2 Å². The van der Waals surface area contributed by atoms with Crippen LogP contribution in [0, 0.1) is 0 Å². The lowest BCUT2D eigenvalue weighted by Crippen LogP contribution is -2.15. The number of amides is 1. The second kappa shape index (κ2) is 6.39. The van der Waals surface area contributed by atoms with Crippen molar-refractivity contribution in [3.05, 3.63) is 65.2 Å². The molecule has 0 spiro atoms. The fourth-order valence-electron chi connectivity index (χ4n) is 2.00. The van der Waals surface area contributed by atoms with Gasteiger partial charge < -0.3 is 5.32 Å². The minimum absolute atomic E-state index is 0.0879. The molecule has 2 nitrogen and oxygen atoms in total. The van der Waals surface area contributed by atoms with Crippen LogP contribution in [0.2, 0.25) is 0 Å². The molecule has 0 aliphatic rings. The van der Waals surface area contributed by atoms with Crippen molar-refractivity contribution in [1.82, 2.24) is 0 Å². The van der Waals surface area contributed by atoms with Crippen LogP contribution in [-0.4, -0.2) is 5.91 Å². The highest BCUT2D eigenvalue weighted by Crippen LogP contribution is 2.19. The van der Waals surface area contributed by atoms with Gasteiger partial charge in [0.05, 0.1) is 0 Å². The summed E-state index contributed by atoms with van der Waals surface area (Å²) in [4.78, 5) is 12.3. The number of para-hydroxylation sites is 1. The summed E-state index contributed by atoms with van der Waals surface area (Å²) in [6.07, 6.45) is 0.834. The first kappa shape index (κ1) is 13.6. The smallest absolute Gasteiger partial charge is 0.255 e. The maximum Gasteiger partial charge on any atom is 0.255 e. The zero-order valence-electron chi connectivity index (χ0n) is 10.8. The molecule has 0 unspecified atom stereocenters. The molecule has 19 heavy (non-hydrogen) atoms. The minimum atomic E-state index is -0.0879. The zero-order valence-corrected chi connectivity index (χ0v) is 11.6. The molecule has 3 heteroatoms. The molecule has 0 heterocycles. The number of benzene rings is 2. The fraction of sp³-hybridized carbons (Fsp3) is 0.188. The molecule has 0 aliphatic carbocycles. The van der Waals surface area contributed by atoms with Crippen LogP contribution in [0.4, 0.5) is 5.69 Å². The standard InChI is InChI=1S/C16H16ClNO/c1-2-12-7-3-5-9-14(12)16(19)18-15-10-6-4-8-13(15)11-17/h3-10H,2,11H2,1H3,(H,18,19). The van der Waals surface area contributed by atoms with Crippen molar-refractivity contribution in [2.75, 3.05) is 5.32 Å². The first-order valence-corrected chi connectivity index (χ1v) is 6.82. The van der Waals surface area contributed by atoms with Gasteiger partial charge in [-0.1, -0.05) is 43.3 Å². The van der Waals surface area contributed by atoms with Crippen LogP contribution in [-0.2, 0) is 12.3 Å². The van der Waals surface area contributed by atoms with Crippen LogP contribution in [0.3, 0.4) is 0 Å². The van der Waals surface area contributed by atoms with Gasteiger partial charge in [-0.15, -0.1) is 11.6 Å². The predicted molar refractivity (Wildman–Crippen MR) is 79.8 cm³/mol. The topological polar surface area (TPSA) is 29.1 Å². The van der Waals surface area contributed by atoms with Gasteiger partial charge in [-0.2, -0.15) is 0 Å². The van der Waals surface area contributed by atoms with E-state index in [2.05, 4.69) is 5.32 Å². The van der Waals surface area contributed by atoms with E-state index in [0.29, 0.717) is 5.88 Å². The highest BCUT2D eigenvalue weighted by molar-refractivity contribution is 6.17. The molecular weight excluding hydrogens is 258 g/mol. The molecule has 0 radical (unpaired) electrons. The summed E-state index contributed by atoms with van der Waals surface area (Å²) < 4.78 is 0. The van der Waals surface area contributed by atoms with Crippen LogP contribution in [0.5, 0.6) is 0 Å². The summed E-state index contributed by atoms with van der Waals surface area (Å²) >= 11 is 5.87. The quantitative estimate of drug-likeness (QED) is 0.830. The lowest BCUT2D eigenvalue weighted by Gasteiger charge is -2.11. The Kier molecular flexibility index (Phi) is 4.58. The Bertz CT molecular complexity index is 580. The minimum Gasteiger partial charge on any atom is -0.322 e. The van der Waals surface area contributed by atoms with Crippen molar-refractivity contribution in [2.24, 2.45) is 0 Å². The van der Waals surface area contributed by atoms with Crippen LogP contribution in [0.1, 0.15) is 28.4 Å². The molecule has 0 saturated carbocycles. The van der Waals surface area contributed by atoms with Crippen molar-refractivity contribution in [3.63, 3.8) is 0 Å². The number of rotatable bonds is 4. The number of carbonyl (C=O) groups excluding carboxylic acids is 1. The van der Waals surface area contributed by atoms with Crippen molar-refractivity contribution < 1.29 is 4.79 Å². The van der Waals surface area contributed by atoms with E-state index in [-0.39, 0.29) is 5.91 Å². The molecule has 98 valence electrons. The van der Waals surface area contributed by atoms with Crippen molar-refractivity contribution in [3.8, 4) is 0 Å². The van der Waals surface area contributed by atoms with Gasteiger partial charge in [0.1, 0.15) is 0 Å². The Morgan fingerprint density at radius 2 is 1.68 bits per heavy atom. The molecule has 2 rings (SSSR count). The maximum absolute atomic E-state index is 12.3. The number of alkyl halides is 1. The Morgan fingerprint density at radius 1 is 1.05 bits per heavy atom. The Balaban J connectivity index is 2.26. The number of aryl methyl sites for hydroxylation is 1. The Morgan fingerprint density at radius 3 is 2.37 bits per heavy atom. The predicted octanol–water partition coefficient (Wildman–Crippen LogP) is 4.24. The summed E-state index contributed by atoms with van der Waals surface area (Å²) in [5, 5.41) is 2.93. The summed E-state index contributed by atoms with van der Waals surface area (Å²) in [6.45, 7) is 2.04. The third kappa shape index (κ3) is 3.15. The summed E-state index contributed by atoms with van der Waals surface area (Å²) in [5.74, 6) is 0.293.